The van der Waals surface area contributed by atoms with Gasteiger partial charge in [0.05, 0.1) is 11.9 Å². The first kappa shape index (κ1) is 21.1. The Morgan fingerprint density at radius 3 is 2.33 bits per heavy atom. The van der Waals surface area contributed by atoms with Crippen LogP contribution in [0.2, 0.25) is 0 Å². The molecule has 27 heavy (non-hydrogen) atoms. The Kier molecular flexibility index (Phi) is 6.74. The molecule has 2 rings (SSSR count). The van der Waals surface area contributed by atoms with Crippen molar-refractivity contribution in [1.82, 2.24) is 4.31 Å². The molecule has 0 aliphatic heterocycles. The number of benzene rings is 2. The van der Waals surface area contributed by atoms with Crippen LogP contribution in [0.5, 0.6) is 0 Å². The largest absolute Gasteiger partial charge is 0.284 e. The van der Waals surface area contributed by atoms with Crippen molar-refractivity contribution < 1.29 is 21.2 Å². The Labute approximate surface area is 159 Å². The number of halogens is 1. The monoisotopic (exact) mass is 412 g/mol. The molecule has 0 saturated carbocycles. The van der Waals surface area contributed by atoms with Crippen molar-refractivity contribution in [3.05, 3.63) is 72.6 Å². The maximum absolute atomic E-state index is 14.4. The second-order valence-corrected chi connectivity index (χ2v) is 9.56. The average molecular weight is 413 g/mol. The predicted octanol–water partition coefficient (Wildman–Crippen LogP) is 2.62. The lowest BCUT2D eigenvalue weighted by atomic mass is 10.1. The highest BCUT2D eigenvalue weighted by atomic mass is 32.2. The molecule has 9 heteroatoms. The van der Waals surface area contributed by atoms with Gasteiger partial charge in [0.1, 0.15) is 10.7 Å². The maximum atomic E-state index is 14.4. The molecule has 0 saturated heterocycles. The smallest absolute Gasteiger partial charge is 0.246 e. The third-order valence-electron chi connectivity index (χ3n) is 3.68. The van der Waals surface area contributed by atoms with Crippen LogP contribution in [-0.2, 0) is 26.5 Å². The number of anilines is 1. The van der Waals surface area contributed by atoms with Crippen molar-refractivity contribution in [2.75, 3.05) is 24.1 Å². The number of nitrogens with one attached hydrogen (secondary N) is 1. The number of hydrogen-bond donors (Lipinski definition) is 1. The number of sulfonamides is 2. The van der Waals surface area contributed by atoms with Gasteiger partial charge in [-0.05, 0) is 30.2 Å². The molecule has 2 aromatic carbocycles. The molecular weight excluding hydrogens is 391 g/mol. The minimum Gasteiger partial charge on any atom is -0.284 e. The minimum atomic E-state index is -4.11. The molecule has 0 aliphatic rings. The van der Waals surface area contributed by atoms with Crippen LogP contribution >= 0.6 is 0 Å². The van der Waals surface area contributed by atoms with Gasteiger partial charge in [-0.3, -0.25) is 4.72 Å². The van der Waals surface area contributed by atoms with Gasteiger partial charge in [0.25, 0.3) is 0 Å². The van der Waals surface area contributed by atoms with Gasteiger partial charge in [0.15, 0.2) is 0 Å². The Morgan fingerprint density at radius 2 is 1.78 bits per heavy atom. The van der Waals surface area contributed by atoms with Crippen molar-refractivity contribution in [3.63, 3.8) is 0 Å². The Hall–Kier alpha value is -2.23. The third-order valence-corrected chi connectivity index (χ3v) is 6.18. The van der Waals surface area contributed by atoms with E-state index in [9.17, 15) is 21.2 Å². The molecule has 0 fully saturated rings. The number of nitrogens with zero attached hydrogens (tertiary/aromatic N) is 1. The van der Waals surface area contributed by atoms with Gasteiger partial charge in [0, 0.05) is 13.1 Å². The standard InChI is InChI=1S/C18H21FN2O4S2/c1-3-12-21(13-11-15-7-5-4-6-8-15)27(24,25)18-10-9-16(14-17(18)19)20-26(2,22)23/h3-10,14,20H,1,11-13H2,2H3. The fourth-order valence-electron chi connectivity index (χ4n) is 2.48. The van der Waals surface area contributed by atoms with Gasteiger partial charge in [-0.1, -0.05) is 36.4 Å². The van der Waals surface area contributed by atoms with Crippen molar-refractivity contribution in [1.29, 1.82) is 0 Å². The zero-order valence-electron chi connectivity index (χ0n) is 14.8. The molecule has 0 unspecified atom stereocenters. The van der Waals surface area contributed by atoms with E-state index in [4.69, 9.17) is 0 Å². The lowest BCUT2D eigenvalue weighted by Crippen LogP contribution is -2.33. The summed E-state index contributed by atoms with van der Waals surface area (Å²) < 4.78 is 65.9. The third kappa shape index (κ3) is 5.88. The van der Waals surface area contributed by atoms with Gasteiger partial charge >= 0.3 is 0 Å². The minimum absolute atomic E-state index is 0.0257. The molecule has 0 atom stereocenters. The molecule has 0 amide bonds. The van der Waals surface area contributed by atoms with E-state index in [1.165, 1.54) is 12.1 Å². The van der Waals surface area contributed by atoms with Gasteiger partial charge in [-0.25, -0.2) is 21.2 Å². The summed E-state index contributed by atoms with van der Waals surface area (Å²) in [7, 11) is -7.71. The van der Waals surface area contributed by atoms with Crippen molar-refractivity contribution in [3.8, 4) is 0 Å². The quantitative estimate of drug-likeness (QED) is 0.642. The summed E-state index contributed by atoms with van der Waals surface area (Å²) in [4.78, 5) is -0.517. The van der Waals surface area contributed by atoms with Gasteiger partial charge in [-0.2, -0.15) is 4.31 Å². The molecule has 1 N–H and O–H groups in total. The molecule has 6 nitrogen and oxygen atoms in total. The van der Waals surface area contributed by atoms with E-state index in [0.29, 0.717) is 6.42 Å². The molecule has 0 bridgehead atoms. The van der Waals surface area contributed by atoms with Crippen LogP contribution in [0.4, 0.5) is 10.1 Å². The first-order chi connectivity index (χ1) is 12.6. The molecule has 0 heterocycles. The number of hydrogen-bond acceptors (Lipinski definition) is 4. The average Bonchev–Trinajstić information content (AvgIpc) is 2.57. The van der Waals surface area contributed by atoms with Gasteiger partial charge < -0.3 is 0 Å². The summed E-state index contributed by atoms with van der Waals surface area (Å²) in [5, 5.41) is 0. The van der Waals surface area contributed by atoms with Crippen LogP contribution in [0.1, 0.15) is 5.56 Å². The maximum Gasteiger partial charge on any atom is 0.246 e. The second kappa shape index (κ2) is 8.64. The molecule has 0 radical (unpaired) electrons. The summed E-state index contributed by atoms with van der Waals surface area (Å²) in [6.45, 7) is 3.74. The van der Waals surface area contributed by atoms with Crippen LogP contribution in [-0.4, -0.2) is 40.5 Å². The SMILES string of the molecule is C=CCN(CCc1ccccc1)S(=O)(=O)c1ccc(NS(C)(=O)=O)cc1F. The molecule has 0 aliphatic carbocycles. The highest BCUT2D eigenvalue weighted by Crippen LogP contribution is 2.23. The van der Waals surface area contributed by atoms with Gasteiger partial charge in [0.2, 0.25) is 20.0 Å². The van der Waals surface area contributed by atoms with E-state index in [-0.39, 0.29) is 18.8 Å². The summed E-state index contributed by atoms with van der Waals surface area (Å²) in [6, 6.07) is 12.4. The summed E-state index contributed by atoms with van der Waals surface area (Å²) in [5.74, 6) is -1.03. The van der Waals surface area contributed by atoms with Crippen molar-refractivity contribution in [2.45, 2.75) is 11.3 Å². The van der Waals surface area contributed by atoms with Gasteiger partial charge in [-0.15, -0.1) is 6.58 Å². The zero-order chi connectivity index (χ0) is 20.1. The summed E-state index contributed by atoms with van der Waals surface area (Å²) >= 11 is 0. The van der Waals surface area contributed by atoms with E-state index in [2.05, 4.69) is 11.3 Å². The summed E-state index contributed by atoms with van der Waals surface area (Å²) in [6.07, 6.45) is 2.81. The molecular formula is C18H21FN2O4S2. The van der Waals surface area contributed by atoms with E-state index in [0.717, 1.165) is 28.3 Å². The van der Waals surface area contributed by atoms with Crippen LogP contribution in [0.3, 0.4) is 0 Å². The van der Waals surface area contributed by atoms with Crippen LogP contribution in [0.25, 0.3) is 0 Å². The van der Waals surface area contributed by atoms with E-state index >= 15 is 0 Å². The first-order valence-corrected chi connectivity index (χ1v) is 11.4. The zero-order valence-corrected chi connectivity index (χ0v) is 16.4. The fraction of sp³-hybridized carbons (Fsp3) is 0.222. The molecule has 146 valence electrons. The normalized spacial score (nSPS) is 12.1. The highest BCUT2D eigenvalue weighted by molar-refractivity contribution is 7.92. The topological polar surface area (TPSA) is 83.6 Å². The summed E-state index contributed by atoms with van der Waals surface area (Å²) in [5.41, 5.74) is 0.906. The predicted molar refractivity (Wildman–Crippen MR) is 104 cm³/mol. The molecule has 2 aromatic rings. The fourth-order valence-corrected chi connectivity index (χ4v) is 4.49. The van der Waals surface area contributed by atoms with E-state index < -0.39 is 30.8 Å². The highest BCUT2D eigenvalue weighted by Gasteiger charge is 2.27. The van der Waals surface area contributed by atoms with Crippen molar-refractivity contribution >= 4 is 25.7 Å². The molecule has 0 spiro atoms. The van der Waals surface area contributed by atoms with E-state index in [1.54, 1.807) is 0 Å². The number of rotatable bonds is 9. The Balaban J connectivity index is 2.28. The van der Waals surface area contributed by atoms with Crippen LogP contribution < -0.4 is 4.72 Å². The lowest BCUT2D eigenvalue weighted by molar-refractivity contribution is 0.440. The first-order valence-electron chi connectivity index (χ1n) is 8.06. The Morgan fingerprint density at radius 1 is 1.11 bits per heavy atom. The van der Waals surface area contributed by atoms with Crippen molar-refractivity contribution in [2.24, 2.45) is 0 Å². The second-order valence-electron chi connectivity index (χ2n) is 5.91. The lowest BCUT2D eigenvalue weighted by Gasteiger charge is -2.21. The van der Waals surface area contributed by atoms with Crippen LogP contribution in [0.15, 0.2) is 66.1 Å². The van der Waals surface area contributed by atoms with E-state index in [1.807, 2.05) is 30.3 Å². The Bertz CT molecular complexity index is 1010. The van der Waals surface area contributed by atoms with Crippen LogP contribution in [0, 0.1) is 5.82 Å². The molecule has 0 aromatic heterocycles.